The SMILES string of the molecule is CCOc1ccc(-c2nc(C)sc2N)cc1Cl. The van der Waals surface area contributed by atoms with E-state index in [4.69, 9.17) is 22.1 Å². The summed E-state index contributed by atoms with van der Waals surface area (Å²) in [5.41, 5.74) is 7.61. The van der Waals surface area contributed by atoms with E-state index >= 15 is 0 Å². The summed E-state index contributed by atoms with van der Waals surface area (Å²) in [7, 11) is 0. The Balaban J connectivity index is 2.41. The maximum atomic E-state index is 6.13. The molecule has 5 heteroatoms. The van der Waals surface area contributed by atoms with Crippen molar-refractivity contribution >= 4 is 27.9 Å². The molecule has 1 aromatic carbocycles. The topological polar surface area (TPSA) is 48.1 Å². The summed E-state index contributed by atoms with van der Waals surface area (Å²) < 4.78 is 5.38. The number of aromatic nitrogens is 1. The Hall–Kier alpha value is -1.26. The van der Waals surface area contributed by atoms with E-state index in [1.54, 1.807) is 0 Å². The van der Waals surface area contributed by atoms with Crippen LogP contribution in [0.25, 0.3) is 11.3 Å². The van der Waals surface area contributed by atoms with E-state index < -0.39 is 0 Å². The average Bonchev–Trinajstić information content (AvgIpc) is 2.61. The first kappa shape index (κ1) is 12.2. The Bertz CT molecular complexity index is 539. The van der Waals surface area contributed by atoms with Crippen molar-refractivity contribution in [2.45, 2.75) is 13.8 Å². The minimum atomic E-state index is 0.578. The van der Waals surface area contributed by atoms with Gasteiger partial charge in [-0.2, -0.15) is 0 Å². The molecule has 0 saturated heterocycles. The number of halogens is 1. The number of hydrogen-bond acceptors (Lipinski definition) is 4. The molecule has 1 aromatic heterocycles. The minimum absolute atomic E-state index is 0.578. The maximum absolute atomic E-state index is 6.13. The number of aryl methyl sites for hydroxylation is 1. The highest BCUT2D eigenvalue weighted by molar-refractivity contribution is 7.16. The summed E-state index contributed by atoms with van der Waals surface area (Å²) in [5.74, 6) is 0.684. The molecule has 0 radical (unpaired) electrons. The molecular weight excluding hydrogens is 256 g/mol. The predicted molar refractivity (Wildman–Crippen MR) is 72.9 cm³/mol. The summed E-state index contributed by atoms with van der Waals surface area (Å²) >= 11 is 7.60. The Labute approximate surface area is 109 Å². The van der Waals surface area contributed by atoms with Gasteiger partial charge in [0.2, 0.25) is 0 Å². The van der Waals surface area contributed by atoms with Gasteiger partial charge >= 0.3 is 0 Å². The second-order valence-corrected chi connectivity index (χ2v) is 5.17. The molecule has 0 bridgehead atoms. The molecule has 0 atom stereocenters. The van der Waals surface area contributed by atoms with Gasteiger partial charge in [-0.05, 0) is 32.0 Å². The quantitative estimate of drug-likeness (QED) is 0.922. The molecule has 0 amide bonds. The maximum Gasteiger partial charge on any atom is 0.137 e. The van der Waals surface area contributed by atoms with Crippen LogP contribution in [0.1, 0.15) is 11.9 Å². The molecule has 0 aliphatic rings. The molecule has 2 rings (SSSR count). The van der Waals surface area contributed by atoms with Crippen molar-refractivity contribution in [2.24, 2.45) is 0 Å². The van der Waals surface area contributed by atoms with Crippen LogP contribution in [0, 0.1) is 6.92 Å². The number of benzene rings is 1. The van der Waals surface area contributed by atoms with E-state index in [9.17, 15) is 0 Å². The fourth-order valence-corrected chi connectivity index (χ4v) is 2.52. The minimum Gasteiger partial charge on any atom is -0.492 e. The van der Waals surface area contributed by atoms with Crippen molar-refractivity contribution in [3.8, 4) is 17.0 Å². The van der Waals surface area contributed by atoms with Crippen LogP contribution in [0.15, 0.2) is 18.2 Å². The van der Waals surface area contributed by atoms with Gasteiger partial charge in [0.1, 0.15) is 16.4 Å². The van der Waals surface area contributed by atoms with E-state index in [1.807, 2.05) is 32.0 Å². The lowest BCUT2D eigenvalue weighted by molar-refractivity contribution is 0.340. The summed E-state index contributed by atoms with van der Waals surface area (Å²) in [6.45, 7) is 4.45. The third kappa shape index (κ3) is 2.53. The summed E-state index contributed by atoms with van der Waals surface area (Å²) in [6.07, 6.45) is 0. The number of ether oxygens (including phenoxy) is 1. The van der Waals surface area contributed by atoms with Crippen LogP contribution in [0.3, 0.4) is 0 Å². The fraction of sp³-hybridized carbons (Fsp3) is 0.250. The fourth-order valence-electron chi connectivity index (χ4n) is 1.57. The zero-order valence-electron chi connectivity index (χ0n) is 9.66. The highest BCUT2D eigenvalue weighted by atomic mass is 35.5. The van der Waals surface area contributed by atoms with Gasteiger partial charge in [0.25, 0.3) is 0 Å². The zero-order chi connectivity index (χ0) is 12.4. The molecule has 0 unspecified atom stereocenters. The standard InChI is InChI=1S/C12H13ClN2OS/c1-3-16-10-5-4-8(6-9(10)13)11-12(14)17-7(2)15-11/h4-6H,3,14H2,1-2H3. The van der Waals surface area contributed by atoms with Gasteiger partial charge in [0.05, 0.1) is 16.6 Å². The molecule has 0 aliphatic heterocycles. The number of nitrogens with zero attached hydrogens (tertiary/aromatic N) is 1. The van der Waals surface area contributed by atoms with Crippen molar-refractivity contribution < 1.29 is 4.74 Å². The number of hydrogen-bond donors (Lipinski definition) is 1. The smallest absolute Gasteiger partial charge is 0.137 e. The van der Waals surface area contributed by atoms with Crippen LogP contribution in [-0.4, -0.2) is 11.6 Å². The van der Waals surface area contributed by atoms with Gasteiger partial charge < -0.3 is 10.5 Å². The van der Waals surface area contributed by atoms with Crippen molar-refractivity contribution in [1.29, 1.82) is 0 Å². The third-order valence-corrected chi connectivity index (χ3v) is 3.36. The highest BCUT2D eigenvalue weighted by Crippen LogP contribution is 2.34. The molecular formula is C12H13ClN2OS. The second-order valence-electron chi connectivity index (χ2n) is 3.52. The first-order valence-electron chi connectivity index (χ1n) is 5.27. The first-order chi connectivity index (χ1) is 8.11. The Morgan fingerprint density at radius 1 is 1.47 bits per heavy atom. The molecule has 2 aromatic rings. The predicted octanol–water partition coefficient (Wildman–Crippen LogP) is 3.75. The number of nitrogen functional groups attached to an aromatic ring is 1. The van der Waals surface area contributed by atoms with Gasteiger partial charge in [-0.3, -0.25) is 0 Å². The van der Waals surface area contributed by atoms with Gasteiger partial charge in [-0.15, -0.1) is 11.3 Å². The van der Waals surface area contributed by atoms with E-state index in [2.05, 4.69) is 4.98 Å². The lowest BCUT2D eigenvalue weighted by atomic mass is 10.1. The Kier molecular flexibility index (Phi) is 3.54. The number of nitrogens with two attached hydrogens (primary N) is 1. The van der Waals surface area contributed by atoms with E-state index in [1.165, 1.54) is 11.3 Å². The van der Waals surface area contributed by atoms with Crippen LogP contribution >= 0.6 is 22.9 Å². The van der Waals surface area contributed by atoms with Crippen molar-refractivity contribution in [2.75, 3.05) is 12.3 Å². The zero-order valence-corrected chi connectivity index (χ0v) is 11.2. The normalized spacial score (nSPS) is 10.5. The molecule has 0 aliphatic carbocycles. The van der Waals surface area contributed by atoms with Crippen LogP contribution in [0.2, 0.25) is 5.02 Å². The molecule has 2 N–H and O–H groups in total. The van der Waals surface area contributed by atoms with Crippen LogP contribution in [0.5, 0.6) is 5.75 Å². The summed E-state index contributed by atoms with van der Waals surface area (Å²) in [5, 5.41) is 2.24. The Morgan fingerprint density at radius 3 is 2.76 bits per heavy atom. The molecule has 3 nitrogen and oxygen atoms in total. The van der Waals surface area contributed by atoms with E-state index in [-0.39, 0.29) is 0 Å². The van der Waals surface area contributed by atoms with Crippen LogP contribution in [0.4, 0.5) is 5.00 Å². The molecule has 0 saturated carbocycles. The Morgan fingerprint density at radius 2 is 2.24 bits per heavy atom. The third-order valence-electron chi connectivity index (χ3n) is 2.27. The monoisotopic (exact) mass is 268 g/mol. The molecule has 17 heavy (non-hydrogen) atoms. The van der Waals surface area contributed by atoms with Gasteiger partial charge in [0.15, 0.2) is 0 Å². The number of thiazole rings is 1. The van der Waals surface area contributed by atoms with Crippen LogP contribution in [-0.2, 0) is 0 Å². The summed E-state index contributed by atoms with van der Waals surface area (Å²) in [6, 6.07) is 5.59. The van der Waals surface area contributed by atoms with E-state index in [0.29, 0.717) is 22.4 Å². The summed E-state index contributed by atoms with van der Waals surface area (Å²) in [4.78, 5) is 4.39. The highest BCUT2D eigenvalue weighted by Gasteiger charge is 2.10. The number of rotatable bonds is 3. The van der Waals surface area contributed by atoms with Gasteiger partial charge in [0, 0.05) is 5.56 Å². The average molecular weight is 269 g/mol. The lowest BCUT2D eigenvalue weighted by Crippen LogP contribution is -1.93. The lowest BCUT2D eigenvalue weighted by Gasteiger charge is -2.06. The first-order valence-corrected chi connectivity index (χ1v) is 6.47. The van der Waals surface area contributed by atoms with Crippen molar-refractivity contribution in [3.05, 3.63) is 28.2 Å². The van der Waals surface area contributed by atoms with Crippen molar-refractivity contribution in [1.82, 2.24) is 4.98 Å². The van der Waals surface area contributed by atoms with Crippen LogP contribution < -0.4 is 10.5 Å². The van der Waals surface area contributed by atoms with Crippen molar-refractivity contribution in [3.63, 3.8) is 0 Å². The molecule has 0 spiro atoms. The molecule has 0 fully saturated rings. The van der Waals surface area contributed by atoms with E-state index in [0.717, 1.165) is 16.3 Å². The largest absolute Gasteiger partial charge is 0.492 e. The second kappa shape index (κ2) is 4.94. The molecule has 1 heterocycles. The molecule has 90 valence electrons. The number of anilines is 1. The van der Waals surface area contributed by atoms with Gasteiger partial charge in [-0.1, -0.05) is 11.6 Å². The van der Waals surface area contributed by atoms with Gasteiger partial charge in [-0.25, -0.2) is 4.98 Å².